The Morgan fingerprint density at radius 1 is 1.09 bits per heavy atom. The van der Waals surface area contributed by atoms with Crippen molar-refractivity contribution in [3.63, 3.8) is 0 Å². The Morgan fingerprint density at radius 2 is 1.93 bits per heavy atom. The minimum absolute atomic E-state index is 0.0167. The molecule has 2 aliphatic rings. The van der Waals surface area contributed by atoms with Crippen molar-refractivity contribution in [1.82, 2.24) is 34.4 Å². The first-order chi connectivity index (χ1) is 22.1. The van der Waals surface area contributed by atoms with Gasteiger partial charge in [0.05, 0.1) is 24.4 Å². The molecule has 2 fully saturated rings. The van der Waals surface area contributed by atoms with E-state index in [-0.39, 0.29) is 40.3 Å². The topological polar surface area (TPSA) is 132 Å². The van der Waals surface area contributed by atoms with Crippen LogP contribution in [0.5, 0.6) is 17.2 Å². The first-order valence-electron chi connectivity index (χ1n) is 14.7. The van der Waals surface area contributed by atoms with Gasteiger partial charge < -0.3 is 29.3 Å². The number of hydrogen-bond acceptors (Lipinski definition) is 11. The van der Waals surface area contributed by atoms with Crippen LogP contribution in [0.2, 0.25) is 5.02 Å². The van der Waals surface area contributed by atoms with E-state index in [1.54, 1.807) is 42.1 Å². The van der Waals surface area contributed by atoms with E-state index < -0.39 is 11.4 Å². The first kappa shape index (κ1) is 29.7. The van der Waals surface area contributed by atoms with Gasteiger partial charge in [-0.3, -0.25) is 0 Å². The molecule has 1 amide bonds. The van der Waals surface area contributed by atoms with Gasteiger partial charge >= 0.3 is 6.09 Å². The maximum atomic E-state index is 15.6. The smallest absolute Gasteiger partial charge is 0.410 e. The van der Waals surface area contributed by atoms with Crippen LogP contribution in [0.3, 0.4) is 0 Å². The Bertz CT molecular complexity index is 1970. The number of hydrogen-bond donors (Lipinski definition) is 1. The molecule has 0 bridgehead atoms. The molecular formula is C31H31ClFN9O4. The first-order valence-corrected chi connectivity index (χ1v) is 15.1. The van der Waals surface area contributed by atoms with Crippen molar-refractivity contribution in [2.45, 2.75) is 38.8 Å². The van der Waals surface area contributed by atoms with E-state index in [1.807, 2.05) is 25.7 Å². The number of likely N-dealkylation sites (tertiary alicyclic amines) is 1. The third-order valence-electron chi connectivity index (χ3n) is 8.03. The van der Waals surface area contributed by atoms with Gasteiger partial charge in [0, 0.05) is 43.9 Å². The molecule has 15 heteroatoms. The van der Waals surface area contributed by atoms with Gasteiger partial charge in [0.1, 0.15) is 40.3 Å². The minimum atomic E-state index is -0.724. The normalized spacial score (nSPS) is 17.9. The predicted octanol–water partition coefficient (Wildman–Crippen LogP) is 5.85. The number of halogens is 2. The standard InChI is InChI=1S/C31H31ClFN9O4/c1-31(2,3)46-30(43)41-9-7-17-13-40(14-21(17)41)29-23(44-4)12-20-27(39-29)28(36-15-34-20)38-19-5-6-22(25(32)26(19)33)45-18-8-10-42-24(11-18)35-16-37-42/h5-6,8,10-12,15-17,21H,7,9,13-14H2,1-4H3,(H,34,36,38). The van der Waals surface area contributed by atoms with Gasteiger partial charge in [-0.15, -0.1) is 0 Å². The van der Waals surface area contributed by atoms with E-state index in [0.717, 1.165) is 6.42 Å². The lowest BCUT2D eigenvalue weighted by Crippen LogP contribution is -2.42. The number of ether oxygens (including phenoxy) is 3. The quantitative estimate of drug-likeness (QED) is 0.238. The van der Waals surface area contributed by atoms with Gasteiger partial charge in [-0.25, -0.2) is 33.6 Å². The lowest BCUT2D eigenvalue weighted by atomic mass is 10.1. The molecule has 7 rings (SSSR count). The summed E-state index contributed by atoms with van der Waals surface area (Å²) in [5.74, 6) is 1.48. The van der Waals surface area contributed by atoms with Crippen molar-refractivity contribution < 1.29 is 23.4 Å². The summed E-state index contributed by atoms with van der Waals surface area (Å²) in [7, 11) is 1.57. The van der Waals surface area contributed by atoms with Crippen LogP contribution in [-0.4, -0.2) is 78.9 Å². The summed E-state index contributed by atoms with van der Waals surface area (Å²) in [5.41, 5.74) is 0.988. The Labute approximate surface area is 268 Å². The van der Waals surface area contributed by atoms with Crippen LogP contribution >= 0.6 is 11.6 Å². The van der Waals surface area contributed by atoms with Crippen LogP contribution in [0, 0.1) is 11.7 Å². The molecule has 6 heterocycles. The van der Waals surface area contributed by atoms with Crippen molar-refractivity contribution in [3.8, 4) is 17.2 Å². The number of carbonyl (C=O) groups excluding carboxylic acids is 1. The molecule has 13 nitrogen and oxygen atoms in total. The summed E-state index contributed by atoms with van der Waals surface area (Å²) in [6.07, 6.45) is 5.02. The second kappa shape index (κ2) is 11.4. The van der Waals surface area contributed by atoms with Crippen molar-refractivity contribution >= 4 is 51.7 Å². The van der Waals surface area contributed by atoms with Gasteiger partial charge in [0.15, 0.2) is 28.8 Å². The zero-order chi connectivity index (χ0) is 32.2. The molecule has 2 atom stereocenters. The van der Waals surface area contributed by atoms with E-state index in [9.17, 15) is 4.79 Å². The summed E-state index contributed by atoms with van der Waals surface area (Å²) in [6.45, 7) is 7.48. The highest BCUT2D eigenvalue weighted by Crippen LogP contribution is 2.40. The van der Waals surface area contributed by atoms with E-state index >= 15 is 4.39 Å². The molecule has 2 aliphatic heterocycles. The van der Waals surface area contributed by atoms with Crippen molar-refractivity contribution in [2.24, 2.45) is 5.92 Å². The van der Waals surface area contributed by atoms with E-state index in [4.69, 9.17) is 30.8 Å². The lowest BCUT2D eigenvalue weighted by molar-refractivity contribution is 0.0229. The second-order valence-electron chi connectivity index (χ2n) is 12.2. The maximum absolute atomic E-state index is 15.6. The number of rotatable bonds is 6. The zero-order valence-corrected chi connectivity index (χ0v) is 26.3. The maximum Gasteiger partial charge on any atom is 0.410 e. The summed E-state index contributed by atoms with van der Waals surface area (Å²) in [5, 5.41) is 6.87. The minimum Gasteiger partial charge on any atom is -0.493 e. The Hall–Kier alpha value is -4.98. The van der Waals surface area contributed by atoms with Gasteiger partial charge in [-0.2, -0.15) is 5.10 Å². The predicted molar refractivity (Wildman–Crippen MR) is 169 cm³/mol. The third kappa shape index (κ3) is 5.53. The fourth-order valence-corrected chi connectivity index (χ4v) is 6.13. The largest absolute Gasteiger partial charge is 0.493 e. The highest BCUT2D eigenvalue weighted by molar-refractivity contribution is 6.32. The average Bonchev–Trinajstić information content (AvgIpc) is 3.75. The van der Waals surface area contributed by atoms with Crippen molar-refractivity contribution in [1.29, 1.82) is 0 Å². The van der Waals surface area contributed by atoms with Gasteiger partial charge in [-0.1, -0.05) is 11.6 Å². The molecule has 2 unspecified atom stereocenters. The monoisotopic (exact) mass is 647 g/mol. The molecule has 238 valence electrons. The lowest BCUT2D eigenvalue weighted by Gasteiger charge is -2.29. The number of benzene rings is 1. The average molecular weight is 648 g/mol. The number of nitrogens with one attached hydrogen (secondary N) is 1. The summed E-state index contributed by atoms with van der Waals surface area (Å²) < 4.78 is 34.4. The Morgan fingerprint density at radius 3 is 2.74 bits per heavy atom. The van der Waals surface area contributed by atoms with Crippen LogP contribution in [0.25, 0.3) is 16.7 Å². The number of nitrogens with zero attached hydrogens (tertiary/aromatic N) is 8. The summed E-state index contributed by atoms with van der Waals surface area (Å²) in [6, 6.07) is 8.17. The van der Waals surface area contributed by atoms with Gasteiger partial charge in [0.25, 0.3) is 0 Å². The Kier molecular flexibility index (Phi) is 7.38. The molecule has 46 heavy (non-hydrogen) atoms. The number of amides is 1. The molecule has 4 aromatic heterocycles. The molecule has 2 saturated heterocycles. The van der Waals surface area contributed by atoms with E-state index in [0.29, 0.717) is 53.6 Å². The number of methoxy groups -OCH3 is 1. The number of pyridine rings is 2. The van der Waals surface area contributed by atoms with Crippen LogP contribution in [0.1, 0.15) is 27.2 Å². The second-order valence-corrected chi connectivity index (χ2v) is 12.6. The van der Waals surface area contributed by atoms with Gasteiger partial charge in [-0.05, 0) is 45.4 Å². The molecule has 0 saturated carbocycles. The highest BCUT2D eigenvalue weighted by atomic mass is 35.5. The molecule has 1 N–H and O–H groups in total. The summed E-state index contributed by atoms with van der Waals surface area (Å²) >= 11 is 6.42. The SMILES string of the molecule is COc1cc2ncnc(Nc3ccc(Oc4ccn5ncnc5c4)c(Cl)c3F)c2nc1N1CC2CCN(C(=O)OC(C)(C)C)C2C1. The molecule has 5 aromatic rings. The number of carbonyl (C=O) groups is 1. The van der Waals surface area contributed by atoms with Gasteiger partial charge in [0.2, 0.25) is 0 Å². The van der Waals surface area contributed by atoms with Crippen LogP contribution in [0.4, 0.5) is 26.5 Å². The number of fused-ring (bicyclic) bond motifs is 3. The molecule has 1 aromatic carbocycles. The fourth-order valence-electron chi connectivity index (χ4n) is 5.93. The Balaban J connectivity index is 1.15. The highest BCUT2D eigenvalue weighted by Gasteiger charge is 2.45. The van der Waals surface area contributed by atoms with Crippen molar-refractivity contribution in [2.75, 3.05) is 37.0 Å². The van der Waals surface area contributed by atoms with Crippen LogP contribution in [0.15, 0.2) is 49.2 Å². The summed E-state index contributed by atoms with van der Waals surface area (Å²) in [4.78, 5) is 34.6. The fraction of sp³-hybridized carbons (Fsp3) is 0.355. The van der Waals surface area contributed by atoms with Crippen LogP contribution < -0.4 is 19.7 Å². The van der Waals surface area contributed by atoms with E-state index in [1.165, 1.54) is 18.7 Å². The van der Waals surface area contributed by atoms with E-state index in [2.05, 4.69) is 30.3 Å². The molecule has 0 radical (unpaired) electrons. The zero-order valence-electron chi connectivity index (χ0n) is 25.6. The molecular weight excluding hydrogens is 617 g/mol. The van der Waals surface area contributed by atoms with Crippen LogP contribution in [-0.2, 0) is 4.74 Å². The number of aromatic nitrogens is 6. The third-order valence-corrected chi connectivity index (χ3v) is 8.38. The number of anilines is 3. The molecule has 0 aliphatic carbocycles. The molecule has 0 spiro atoms. The van der Waals surface area contributed by atoms with Crippen molar-refractivity contribution in [3.05, 3.63) is 60.0 Å².